The van der Waals surface area contributed by atoms with Gasteiger partial charge in [-0.05, 0) is 43.0 Å². The van der Waals surface area contributed by atoms with Gasteiger partial charge in [0.15, 0.2) is 0 Å². The smallest absolute Gasteiger partial charge is 0.319 e. The average molecular weight is 261 g/mol. The third-order valence-electron chi connectivity index (χ3n) is 3.51. The monoisotopic (exact) mass is 261 g/mol. The maximum absolute atomic E-state index is 11.7. The Morgan fingerprint density at radius 2 is 2.11 bits per heavy atom. The summed E-state index contributed by atoms with van der Waals surface area (Å²) >= 11 is 0. The zero-order valence-electron chi connectivity index (χ0n) is 11.7. The van der Waals surface area contributed by atoms with Gasteiger partial charge in [0.25, 0.3) is 0 Å². The SMILES string of the molecule is CC(C)c1ccc(NC(=O)NC[C@@H]2CCCN2)cc1. The van der Waals surface area contributed by atoms with Crippen molar-refractivity contribution in [1.29, 1.82) is 0 Å². The summed E-state index contributed by atoms with van der Waals surface area (Å²) in [5.74, 6) is 0.510. The van der Waals surface area contributed by atoms with Crippen LogP contribution >= 0.6 is 0 Å². The summed E-state index contributed by atoms with van der Waals surface area (Å²) in [5.41, 5.74) is 2.11. The number of benzene rings is 1. The highest BCUT2D eigenvalue weighted by atomic mass is 16.2. The van der Waals surface area contributed by atoms with E-state index in [0.29, 0.717) is 18.5 Å². The lowest BCUT2D eigenvalue weighted by atomic mass is 10.0. The van der Waals surface area contributed by atoms with E-state index < -0.39 is 0 Å². The third-order valence-corrected chi connectivity index (χ3v) is 3.51. The van der Waals surface area contributed by atoms with Crippen LogP contribution in [0, 0.1) is 0 Å². The largest absolute Gasteiger partial charge is 0.336 e. The van der Waals surface area contributed by atoms with Gasteiger partial charge in [0.05, 0.1) is 0 Å². The van der Waals surface area contributed by atoms with Crippen LogP contribution in [0.2, 0.25) is 0 Å². The second kappa shape index (κ2) is 6.57. The lowest BCUT2D eigenvalue weighted by Crippen LogP contribution is -2.39. The topological polar surface area (TPSA) is 53.2 Å². The first kappa shape index (κ1) is 13.9. The Labute approximate surface area is 115 Å². The predicted molar refractivity (Wildman–Crippen MR) is 78.6 cm³/mol. The summed E-state index contributed by atoms with van der Waals surface area (Å²) < 4.78 is 0. The zero-order chi connectivity index (χ0) is 13.7. The average Bonchev–Trinajstić information content (AvgIpc) is 2.90. The third kappa shape index (κ3) is 4.24. The molecule has 1 aliphatic heterocycles. The van der Waals surface area contributed by atoms with Crippen molar-refractivity contribution in [2.45, 2.75) is 38.6 Å². The molecule has 1 saturated heterocycles. The predicted octanol–water partition coefficient (Wildman–Crippen LogP) is 2.68. The van der Waals surface area contributed by atoms with Crippen molar-refractivity contribution in [1.82, 2.24) is 10.6 Å². The van der Waals surface area contributed by atoms with Crippen LogP contribution in [0.5, 0.6) is 0 Å². The summed E-state index contributed by atoms with van der Waals surface area (Å²) in [7, 11) is 0. The van der Waals surface area contributed by atoms with Crippen LogP contribution in [0.25, 0.3) is 0 Å². The molecule has 4 nitrogen and oxygen atoms in total. The Hall–Kier alpha value is -1.55. The number of nitrogens with one attached hydrogen (secondary N) is 3. The molecule has 4 heteroatoms. The first-order valence-electron chi connectivity index (χ1n) is 7.03. The van der Waals surface area contributed by atoms with Gasteiger partial charge < -0.3 is 16.0 Å². The van der Waals surface area contributed by atoms with Crippen molar-refractivity contribution in [3.63, 3.8) is 0 Å². The first-order chi connectivity index (χ1) is 9.15. The minimum Gasteiger partial charge on any atom is -0.336 e. The fraction of sp³-hybridized carbons (Fsp3) is 0.533. The van der Waals surface area contributed by atoms with Crippen LogP contribution in [0.3, 0.4) is 0 Å². The van der Waals surface area contributed by atoms with Crippen molar-refractivity contribution in [2.24, 2.45) is 0 Å². The van der Waals surface area contributed by atoms with Gasteiger partial charge in [-0.1, -0.05) is 26.0 Å². The molecule has 0 unspecified atom stereocenters. The number of rotatable bonds is 4. The highest BCUT2D eigenvalue weighted by Gasteiger charge is 2.14. The fourth-order valence-corrected chi connectivity index (χ4v) is 2.27. The molecule has 0 radical (unpaired) electrons. The van der Waals surface area contributed by atoms with E-state index in [1.165, 1.54) is 12.0 Å². The molecule has 1 heterocycles. The van der Waals surface area contributed by atoms with Crippen LogP contribution < -0.4 is 16.0 Å². The van der Waals surface area contributed by atoms with Gasteiger partial charge in [0.2, 0.25) is 0 Å². The summed E-state index contributed by atoms with van der Waals surface area (Å²) in [5, 5.41) is 9.11. The molecule has 1 aliphatic rings. The molecule has 1 atom stereocenters. The van der Waals surface area contributed by atoms with Crippen molar-refractivity contribution in [3.05, 3.63) is 29.8 Å². The van der Waals surface area contributed by atoms with Crippen molar-refractivity contribution in [3.8, 4) is 0 Å². The fourth-order valence-electron chi connectivity index (χ4n) is 2.27. The summed E-state index contributed by atoms with van der Waals surface area (Å²) in [4.78, 5) is 11.7. The van der Waals surface area contributed by atoms with Gasteiger partial charge in [-0.2, -0.15) is 0 Å². The molecule has 1 aromatic rings. The van der Waals surface area contributed by atoms with Crippen LogP contribution in [0.1, 0.15) is 38.2 Å². The van der Waals surface area contributed by atoms with E-state index in [1.807, 2.05) is 12.1 Å². The molecule has 2 amide bonds. The Kier molecular flexibility index (Phi) is 4.80. The number of carbonyl (C=O) groups excluding carboxylic acids is 1. The van der Waals surface area contributed by atoms with E-state index in [-0.39, 0.29) is 6.03 Å². The van der Waals surface area contributed by atoms with Gasteiger partial charge in [0, 0.05) is 18.3 Å². The molecule has 1 fully saturated rings. The molecule has 19 heavy (non-hydrogen) atoms. The van der Waals surface area contributed by atoms with Crippen LogP contribution in [0.15, 0.2) is 24.3 Å². The number of hydrogen-bond donors (Lipinski definition) is 3. The molecule has 0 saturated carbocycles. The van der Waals surface area contributed by atoms with Gasteiger partial charge in [-0.3, -0.25) is 0 Å². The highest BCUT2D eigenvalue weighted by molar-refractivity contribution is 5.89. The number of urea groups is 1. The molecular formula is C15H23N3O. The van der Waals surface area contributed by atoms with Gasteiger partial charge in [-0.25, -0.2) is 4.79 Å². The van der Waals surface area contributed by atoms with E-state index >= 15 is 0 Å². The van der Waals surface area contributed by atoms with Gasteiger partial charge in [-0.15, -0.1) is 0 Å². The van der Waals surface area contributed by atoms with E-state index in [1.54, 1.807) is 0 Å². The summed E-state index contributed by atoms with van der Waals surface area (Å²) in [6.07, 6.45) is 2.34. The maximum atomic E-state index is 11.7. The second-order valence-electron chi connectivity index (χ2n) is 5.41. The molecule has 0 aliphatic carbocycles. The molecule has 1 aromatic carbocycles. The zero-order valence-corrected chi connectivity index (χ0v) is 11.7. The number of anilines is 1. The van der Waals surface area contributed by atoms with E-state index in [0.717, 1.165) is 18.7 Å². The number of hydrogen-bond acceptors (Lipinski definition) is 2. The maximum Gasteiger partial charge on any atom is 0.319 e. The molecule has 0 spiro atoms. The Morgan fingerprint density at radius 3 is 2.68 bits per heavy atom. The summed E-state index contributed by atoms with van der Waals surface area (Å²) in [6, 6.07) is 8.29. The normalized spacial score (nSPS) is 18.6. The van der Waals surface area contributed by atoms with Crippen molar-refractivity contribution in [2.75, 3.05) is 18.4 Å². The van der Waals surface area contributed by atoms with Crippen LogP contribution in [0.4, 0.5) is 10.5 Å². The minimum atomic E-state index is -0.133. The second-order valence-corrected chi connectivity index (χ2v) is 5.41. The minimum absolute atomic E-state index is 0.133. The van der Waals surface area contributed by atoms with Crippen LogP contribution in [-0.2, 0) is 0 Å². The highest BCUT2D eigenvalue weighted by Crippen LogP contribution is 2.16. The quantitative estimate of drug-likeness (QED) is 0.780. The summed E-state index contributed by atoms with van der Waals surface area (Å²) in [6.45, 7) is 6.06. The Bertz CT molecular complexity index is 408. The van der Waals surface area contributed by atoms with E-state index in [9.17, 15) is 4.79 Å². The molecule has 0 bridgehead atoms. The Balaban J connectivity index is 1.77. The van der Waals surface area contributed by atoms with Crippen LogP contribution in [-0.4, -0.2) is 25.2 Å². The first-order valence-corrected chi connectivity index (χ1v) is 7.03. The molecule has 0 aromatic heterocycles. The van der Waals surface area contributed by atoms with Gasteiger partial charge in [0.1, 0.15) is 0 Å². The van der Waals surface area contributed by atoms with Crippen molar-refractivity contribution >= 4 is 11.7 Å². The number of carbonyl (C=O) groups is 1. The Morgan fingerprint density at radius 1 is 1.37 bits per heavy atom. The van der Waals surface area contributed by atoms with E-state index in [2.05, 4.69) is 41.9 Å². The van der Waals surface area contributed by atoms with Crippen molar-refractivity contribution < 1.29 is 4.79 Å². The van der Waals surface area contributed by atoms with Gasteiger partial charge >= 0.3 is 6.03 Å². The molecule has 104 valence electrons. The molecule has 3 N–H and O–H groups in total. The number of amides is 2. The van der Waals surface area contributed by atoms with E-state index in [4.69, 9.17) is 0 Å². The molecule has 2 rings (SSSR count). The molecular weight excluding hydrogens is 238 g/mol. The lowest BCUT2D eigenvalue weighted by Gasteiger charge is -2.13. The standard InChI is InChI=1S/C15H23N3O/c1-11(2)12-5-7-13(8-6-12)18-15(19)17-10-14-4-3-9-16-14/h5-8,11,14,16H,3-4,9-10H2,1-2H3,(H2,17,18,19)/t14-/m0/s1. The lowest BCUT2D eigenvalue weighted by molar-refractivity contribution is 0.251.